The van der Waals surface area contributed by atoms with Crippen molar-refractivity contribution in [2.75, 3.05) is 6.61 Å². The number of ether oxygens (including phenoxy) is 3. The Kier molecular flexibility index (Phi) is 7.01. The van der Waals surface area contributed by atoms with Crippen LogP contribution in [0.4, 0.5) is 0 Å². The number of aliphatic hydroxyl groups is 1. The highest BCUT2D eigenvalue weighted by molar-refractivity contribution is 6.77. The third-order valence-electron chi connectivity index (χ3n) is 5.86. The second kappa shape index (κ2) is 8.37. The molecular weight excluding hydrogens is 366 g/mol. The molecule has 1 N–H and O–H groups in total. The fourth-order valence-electron chi connectivity index (χ4n) is 4.91. The third-order valence-corrected chi connectivity index (χ3v) is 11.9. The van der Waals surface area contributed by atoms with Gasteiger partial charge in [0.25, 0.3) is 0 Å². The standard InChI is InChI=1S/C18H35N3O5Si/c1-10(2)27(11(3)4,12(5)6)23-9-13-15-16(26-18(7,8)25-15)14(20-21-19)17(22)24-13/h10-17,22H,9H2,1-8H3/t13?,14?,15-,16+,17?/m0/s1. The van der Waals surface area contributed by atoms with Gasteiger partial charge in [-0.1, -0.05) is 46.7 Å². The molecule has 2 heterocycles. The average molecular weight is 402 g/mol. The Hall–Kier alpha value is -0.673. The first-order valence-electron chi connectivity index (χ1n) is 9.83. The minimum atomic E-state index is -2.09. The van der Waals surface area contributed by atoms with Crippen LogP contribution in [0.1, 0.15) is 55.4 Å². The molecule has 3 unspecified atom stereocenters. The molecule has 0 saturated carbocycles. The molecule has 0 bridgehead atoms. The number of azide groups is 1. The fourth-order valence-corrected chi connectivity index (χ4v) is 10.4. The maximum atomic E-state index is 10.4. The van der Waals surface area contributed by atoms with E-state index in [1.54, 1.807) is 13.8 Å². The van der Waals surface area contributed by atoms with Crippen molar-refractivity contribution in [3.05, 3.63) is 10.4 Å². The van der Waals surface area contributed by atoms with Crippen molar-refractivity contribution in [3.63, 3.8) is 0 Å². The van der Waals surface area contributed by atoms with Crippen molar-refractivity contribution >= 4 is 8.32 Å². The number of rotatable bonds is 7. The van der Waals surface area contributed by atoms with Gasteiger partial charge in [0.15, 0.2) is 20.4 Å². The smallest absolute Gasteiger partial charge is 0.200 e. The average Bonchev–Trinajstić information content (AvgIpc) is 2.85. The van der Waals surface area contributed by atoms with Gasteiger partial charge in [-0.2, -0.15) is 0 Å². The first kappa shape index (κ1) is 22.6. The van der Waals surface area contributed by atoms with E-state index in [2.05, 4.69) is 51.6 Å². The molecule has 0 spiro atoms. The molecule has 0 aromatic carbocycles. The predicted molar refractivity (Wildman–Crippen MR) is 105 cm³/mol. The number of fused-ring (bicyclic) bond motifs is 1. The van der Waals surface area contributed by atoms with Gasteiger partial charge in [-0.15, -0.1) is 0 Å². The van der Waals surface area contributed by atoms with Gasteiger partial charge in [-0.05, 0) is 36.0 Å². The molecule has 0 radical (unpaired) electrons. The lowest BCUT2D eigenvalue weighted by Crippen LogP contribution is -2.58. The van der Waals surface area contributed by atoms with Gasteiger partial charge >= 0.3 is 0 Å². The normalized spacial score (nSPS) is 33.4. The van der Waals surface area contributed by atoms with E-state index in [-0.39, 0.29) is 0 Å². The maximum absolute atomic E-state index is 10.4. The summed E-state index contributed by atoms with van der Waals surface area (Å²) in [5, 5.41) is 14.0. The molecule has 0 aliphatic carbocycles. The zero-order valence-corrected chi connectivity index (χ0v) is 18.7. The molecule has 156 valence electrons. The fraction of sp³-hybridized carbons (Fsp3) is 1.00. The zero-order chi connectivity index (χ0) is 20.6. The molecule has 27 heavy (non-hydrogen) atoms. The molecular formula is C18H35N3O5Si. The van der Waals surface area contributed by atoms with E-state index in [9.17, 15) is 5.11 Å². The highest BCUT2D eigenvalue weighted by Crippen LogP contribution is 2.44. The van der Waals surface area contributed by atoms with Crippen LogP contribution in [0.2, 0.25) is 16.6 Å². The Morgan fingerprint density at radius 2 is 1.59 bits per heavy atom. The Balaban J connectivity index is 2.24. The quantitative estimate of drug-likeness (QED) is 0.299. The van der Waals surface area contributed by atoms with Crippen LogP contribution in [0.15, 0.2) is 5.11 Å². The first-order chi connectivity index (χ1) is 12.5. The van der Waals surface area contributed by atoms with Crippen LogP contribution in [0.5, 0.6) is 0 Å². The summed E-state index contributed by atoms with van der Waals surface area (Å²) in [6.45, 7) is 17.3. The topological polar surface area (TPSA) is 106 Å². The summed E-state index contributed by atoms with van der Waals surface area (Å²) < 4.78 is 24.4. The number of aliphatic hydroxyl groups excluding tert-OH is 1. The van der Waals surface area contributed by atoms with Crippen LogP contribution >= 0.6 is 0 Å². The lowest BCUT2D eigenvalue weighted by molar-refractivity contribution is -0.225. The van der Waals surface area contributed by atoms with E-state index >= 15 is 0 Å². The van der Waals surface area contributed by atoms with E-state index in [0.717, 1.165) is 0 Å². The predicted octanol–water partition coefficient (Wildman–Crippen LogP) is 4.09. The van der Waals surface area contributed by atoms with E-state index in [1.165, 1.54) is 0 Å². The summed E-state index contributed by atoms with van der Waals surface area (Å²) in [6.07, 6.45) is -2.76. The van der Waals surface area contributed by atoms with Crippen molar-refractivity contribution in [2.45, 2.75) is 108 Å². The van der Waals surface area contributed by atoms with Crippen molar-refractivity contribution < 1.29 is 23.7 Å². The number of hydrogen-bond donors (Lipinski definition) is 1. The molecule has 0 aromatic heterocycles. The summed E-state index contributed by atoms with van der Waals surface area (Å²) in [5.41, 5.74) is 10.1. The maximum Gasteiger partial charge on any atom is 0.200 e. The van der Waals surface area contributed by atoms with Crippen LogP contribution in [0, 0.1) is 0 Å². The summed E-state index contributed by atoms with van der Waals surface area (Å²) in [4.78, 5) is 2.82. The lowest BCUT2D eigenvalue weighted by Gasteiger charge is -2.45. The Morgan fingerprint density at radius 1 is 1.07 bits per heavy atom. The highest BCUT2D eigenvalue weighted by atomic mass is 28.4. The van der Waals surface area contributed by atoms with Gasteiger partial charge in [0, 0.05) is 4.91 Å². The lowest BCUT2D eigenvalue weighted by atomic mass is 9.98. The molecule has 2 saturated heterocycles. The monoisotopic (exact) mass is 401 g/mol. The highest BCUT2D eigenvalue weighted by Gasteiger charge is 2.55. The van der Waals surface area contributed by atoms with Gasteiger partial charge in [-0.25, -0.2) is 0 Å². The summed E-state index contributed by atoms with van der Waals surface area (Å²) >= 11 is 0. The SMILES string of the molecule is CC(C)[Si](OCC1OC(O)C(N=[N+]=[N-])[C@H]2OC(C)(C)O[C@@H]12)(C(C)C)C(C)C. The largest absolute Gasteiger partial charge is 0.413 e. The van der Waals surface area contributed by atoms with E-state index in [0.29, 0.717) is 23.2 Å². The van der Waals surface area contributed by atoms with Crippen molar-refractivity contribution in [3.8, 4) is 0 Å². The molecule has 0 amide bonds. The Morgan fingerprint density at radius 3 is 2.07 bits per heavy atom. The molecule has 0 aromatic rings. The minimum Gasteiger partial charge on any atom is -0.413 e. The van der Waals surface area contributed by atoms with Gasteiger partial charge in [-0.3, -0.25) is 0 Å². The molecule has 8 nitrogen and oxygen atoms in total. The van der Waals surface area contributed by atoms with Gasteiger partial charge < -0.3 is 23.7 Å². The van der Waals surface area contributed by atoms with Crippen LogP contribution in [0.25, 0.3) is 10.4 Å². The van der Waals surface area contributed by atoms with Crippen molar-refractivity contribution in [2.24, 2.45) is 5.11 Å². The Bertz CT molecular complexity index is 543. The summed E-state index contributed by atoms with van der Waals surface area (Å²) in [5.74, 6) is -0.840. The van der Waals surface area contributed by atoms with Gasteiger partial charge in [0.05, 0.1) is 6.61 Å². The minimum absolute atomic E-state index is 0.321. The van der Waals surface area contributed by atoms with E-state index < -0.39 is 44.7 Å². The van der Waals surface area contributed by atoms with Gasteiger partial charge in [0.2, 0.25) is 0 Å². The number of hydrogen-bond acceptors (Lipinski definition) is 6. The van der Waals surface area contributed by atoms with E-state index in [4.69, 9.17) is 24.2 Å². The zero-order valence-electron chi connectivity index (χ0n) is 17.7. The number of nitrogens with zero attached hydrogens (tertiary/aromatic N) is 3. The van der Waals surface area contributed by atoms with Gasteiger partial charge in [0.1, 0.15) is 24.4 Å². The Labute approximate surface area is 163 Å². The molecule has 2 rings (SSSR count). The third kappa shape index (κ3) is 4.34. The van der Waals surface area contributed by atoms with Crippen LogP contribution < -0.4 is 0 Å². The molecule has 5 atom stereocenters. The van der Waals surface area contributed by atoms with Crippen LogP contribution in [-0.4, -0.2) is 56.5 Å². The molecule has 2 aliphatic rings. The first-order valence-corrected chi connectivity index (χ1v) is 12.0. The van der Waals surface area contributed by atoms with E-state index in [1.807, 2.05) is 0 Å². The summed E-state index contributed by atoms with van der Waals surface area (Å²) in [7, 11) is -2.09. The second-order valence-corrected chi connectivity index (χ2v) is 14.4. The molecule has 2 aliphatic heterocycles. The van der Waals surface area contributed by atoms with Crippen molar-refractivity contribution in [1.82, 2.24) is 0 Å². The second-order valence-electron chi connectivity index (χ2n) is 8.95. The molecule has 9 heteroatoms. The van der Waals surface area contributed by atoms with Crippen LogP contribution in [0.3, 0.4) is 0 Å². The summed E-state index contributed by atoms with van der Waals surface area (Å²) in [6, 6.07) is -0.847. The van der Waals surface area contributed by atoms with Crippen molar-refractivity contribution in [1.29, 1.82) is 0 Å². The molecule has 2 fully saturated rings. The van der Waals surface area contributed by atoms with Crippen LogP contribution in [-0.2, 0) is 18.6 Å².